The standard InChI is InChI=1S/C22H19F3N4O3/c23-22(24,25)13-3-1-12(2-4-13)19-11-31-6-5-29(19)21(30)17-7-14-15-9-32-10-16(15)20(26)28-18(14)8-27-17/h1-4,7-8,19H,5-6,9-11H2,(H2,26,28). The molecule has 4 heterocycles. The van der Waals surface area contributed by atoms with Gasteiger partial charge < -0.3 is 20.1 Å². The van der Waals surface area contributed by atoms with E-state index in [1.165, 1.54) is 18.3 Å². The van der Waals surface area contributed by atoms with Crippen LogP contribution in [0.3, 0.4) is 0 Å². The highest BCUT2D eigenvalue weighted by molar-refractivity contribution is 5.97. The summed E-state index contributed by atoms with van der Waals surface area (Å²) in [6.07, 6.45) is -2.92. The van der Waals surface area contributed by atoms with Crippen molar-refractivity contribution in [3.8, 4) is 0 Å². The van der Waals surface area contributed by atoms with Crippen molar-refractivity contribution in [3.63, 3.8) is 0 Å². The van der Waals surface area contributed by atoms with Crippen LogP contribution in [0.15, 0.2) is 36.5 Å². The Morgan fingerprint density at radius 1 is 1.12 bits per heavy atom. The van der Waals surface area contributed by atoms with Gasteiger partial charge >= 0.3 is 6.18 Å². The second kappa shape index (κ2) is 7.72. The molecule has 1 atom stereocenters. The average Bonchev–Trinajstić information content (AvgIpc) is 3.29. The lowest BCUT2D eigenvalue weighted by molar-refractivity contribution is -0.137. The second-order valence-corrected chi connectivity index (χ2v) is 7.74. The van der Waals surface area contributed by atoms with Gasteiger partial charge in [0.05, 0.1) is 49.7 Å². The second-order valence-electron chi connectivity index (χ2n) is 7.74. The molecule has 1 saturated heterocycles. The number of pyridine rings is 2. The molecule has 2 N–H and O–H groups in total. The summed E-state index contributed by atoms with van der Waals surface area (Å²) in [5.41, 5.74) is 8.32. The van der Waals surface area contributed by atoms with E-state index in [1.807, 2.05) is 0 Å². The lowest BCUT2D eigenvalue weighted by Gasteiger charge is -2.35. The van der Waals surface area contributed by atoms with Gasteiger partial charge in [-0.2, -0.15) is 13.2 Å². The molecule has 166 valence electrons. The van der Waals surface area contributed by atoms with Crippen LogP contribution in [0.1, 0.15) is 38.8 Å². The van der Waals surface area contributed by atoms with Gasteiger partial charge in [0.15, 0.2) is 0 Å². The maximum atomic E-state index is 13.4. The van der Waals surface area contributed by atoms with Crippen LogP contribution in [-0.4, -0.2) is 40.5 Å². The monoisotopic (exact) mass is 444 g/mol. The first-order chi connectivity index (χ1) is 15.3. The van der Waals surface area contributed by atoms with Gasteiger partial charge in [0.1, 0.15) is 11.5 Å². The number of hydrogen-bond acceptors (Lipinski definition) is 6. The summed E-state index contributed by atoms with van der Waals surface area (Å²) in [6.45, 7) is 1.56. The van der Waals surface area contributed by atoms with Gasteiger partial charge in [-0.1, -0.05) is 12.1 Å². The minimum absolute atomic E-state index is 0.187. The molecule has 1 unspecified atom stereocenters. The predicted octanol–water partition coefficient (Wildman–Crippen LogP) is 3.47. The Morgan fingerprint density at radius 3 is 2.62 bits per heavy atom. The van der Waals surface area contributed by atoms with Gasteiger partial charge in [0.2, 0.25) is 0 Å². The van der Waals surface area contributed by atoms with E-state index >= 15 is 0 Å². The Balaban J connectivity index is 1.48. The zero-order chi connectivity index (χ0) is 22.5. The van der Waals surface area contributed by atoms with E-state index in [9.17, 15) is 18.0 Å². The number of nitrogens with zero attached hydrogens (tertiary/aromatic N) is 3. The summed E-state index contributed by atoms with van der Waals surface area (Å²) >= 11 is 0. The largest absolute Gasteiger partial charge is 0.416 e. The molecule has 0 aliphatic carbocycles. The van der Waals surface area contributed by atoms with Crippen LogP contribution in [0.25, 0.3) is 10.9 Å². The highest BCUT2D eigenvalue weighted by Gasteiger charge is 2.33. The van der Waals surface area contributed by atoms with Crippen LogP contribution in [0, 0.1) is 0 Å². The smallest absolute Gasteiger partial charge is 0.383 e. The van der Waals surface area contributed by atoms with Crippen molar-refractivity contribution in [2.45, 2.75) is 25.4 Å². The Bertz CT molecular complexity index is 1200. The summed E-state index contributed by atoms with van der Waals surface area (Å²) in [7, 11) is 0. The van der Waals surface area contributed by atoms with Crippen molar-refractivity contribution in [2.24, 2.45) is 0 Å². The molecule has 10 heteroatoms. The molecule has 0 radical (unpaired) electrons. The van der Waals surface area contributed by atoms with Crippen molar-refractivity contribution in [1.82, 2.24) is 14.9 Å². The fraction of sp³-hybridized carbons (Fsp3) is 0.318. The van der Waals surface area contributed by atoms with Crippen LogP contribution in [-0.2, 0) is 28.9 Å². The molecule has 5 rings (SSSR count). The van der Waals surface area contributed by atoms with Crippen molar-refractivity contribution in [2.75, 3.05) is 25.5 Å². The zero-order valence-corrected chi connectivity index (χ0v) is 16.9. The number of nitrogen functional groups attached to an aromatic ring is 1. The van der Waals surface area contributed by atoms with Crippen LogP contribution < -0.4 is 5.73 Å². The Morgan fingerprint density at radius 2 is 1.88 bits per heavy atom. The molecule has 0 saturated carbocycles. The minimum atomic E-state index is -4.42. The molecule has 32 heavy (non-hydrogen) atoms. The van der Waals surface area contributed by atoms with Gasteiger partial charge in [0, 0.05) is 17.5 Å². The molecule has 1 fully saturated rings. The number of amides is 1. The third kappa shape index (κ3) is 3.55. The lowest BCUT2D eigenvalue weighted by Crippen LogP contribution is -2.43. The number of anilines is 1. The maximum absolute atomic E-state index is 13.4. The number of hydrogen-bond donors (Lipinski definition) is 1. The Labute approximate surface area is 181 Å². The van der Waals surface area contributed by atoms with Gasteiger partial charge in [-0.15, -0.1) is 0 Å². The van der Waals surface area contributed by atoms with E-state index in [0.717, 1.165) is 28.6 Å². The van der Waals surface area contributed by atoms with Crippen molar-refractivity contribution >= 4 is 22.6 Å². The molecular formula is C22H19F3N4O3. The van der Waals surface area contributed by atoms with Crippen LogP contribution in [0.2, 0.25) is 0 Å². The predicted molar refractivity (Wildman–Crippen MR) is 108 cm³/mol. The van der Waals surface area contributed by atoms with Gasteiger partial charge in [0.25, 0.3) is 5.91 Å². The molecule has 3 aromatic rings. The zero-order valence-electron chi connectivity index (χ0n) is 16.9. The first-order valence-corrected chi connectivity index (χ1v) is 10.0. The number of carbonyl (C=O) groups is 1. The van der Waals surface area contributed by atoms with Crippen molar-refractivity contribution in [1.29, 1.82) is 0 Å². The number of benzene rings is 1. The third-order valence-corrected chi connectivity index (χ3v) is 5.85. The topological polar surface area (TPSA) is 90.6 Å². The van der Waals surface area contributed by atoms with Crippen molar-refractivity contribution in [3.05, 3.63) is 64.5 Å². The number of ether oxygens (including phenoxy) is 2. The van der Waals surface area contributed by atoms with E-state index in [2.05, 4.69) is 9.97 Å². The summed E-state index contributed by atoms with van der Waals surface area (Å²) in [5.74, 6) is 0.0611. The lowest BCUT2D eigenvalue weighted by atomic mass is 10.0. The average molecular weight is 444 g/mol. The summed E-state index contributed by atoms with van der Waals surface area (Å²) in [6, 6.07) is 5.95. The molecule has 1 amide bonds. The Hall–Kier alpha value is -3.24. The fourth-order valence-corrected chi connectivity index (χ4v) is 4.16. The number of halogens is 3. The third-order valence-electron chi connectivity index (χ3n) is 5.85. The maximum Gasteiger partial charge on any atom is 0.416 e. The van der Waals surface area contributed by atoms with Crippen LogP contribution in [0.4, 0.5) is 19.0 Å². The number of rotatable bonds is 2. The van der Waals surface area contributed by atoms with Crippen LogP contribution in [0.5, 0.6) is 0 Å². The number of carbonyl (C=O) groups excluding carboxylic acids is 1. The molecule has 1 aromatic carbocycles. The van der Waals surface area contributed by atoms with Gasteiger partial charge in [-0.05, 0) is 29.3 Å². The highest BCUT2D eigenvalue weighted by atomic mass is 19.4. The summed E-state index contributed by atoms with van der Waals surface area (Å²) in [5, 5.41) is 0.754. The van der Waals surface area contributed by atoms with Crippen molar-refractivity contribution < 1.29 is 27.4 Å². The summed E-state index contributed by atoms with van der Waals surface area (Å²) < 4.78 is 49.8. The van der Waals surface area contributed by atoms with Gasteiger partial charge in [-0.3, -0.25) is 4.79 Å². The first-order valence-electron chi connectivity index (χ1n) is 10.0. The van der Waals surface area contributed by atoms with Crippen LogP contribution >= 0.6 is 0 Å². The molecule has 0 bridgehead atoms. The molecule has 0 spiro atoms. The van der Waals surface area contributed by atoms with E-state index < -0.39 is 17.8 Å². The molecular weight excluding hydrogens is 425 g/mol. The van der Waals surface area contributed by atoms with E-state index in [1.54, 1.807) is 11.0 Å². The summed E-state index contributed by atoms with van der Waals surface area (Å²) in [4.78, 5) is 23.6. The number of aromatic nitrogens is 2. The molecule has 2 aliphatic rings. The normalized spacial score (nSPS) is 18.7. The molecule has 2 aromatic heterocycles. The number of alkyl halides is 3. The highest BCUT2D eigenvalue weighted by Crippen LogP contribution is 2.33. The SMILES string of the molecule is Nc1nc2cnc(C(=O)N3CCOCC3c3ccc(C(F)(F)F)cc3)cc2c2c1COC2. The van der Waals surface area contributed by atoms with E-state index in [0.29, 0.717) is 43.3 Å². The quantitative estimate of drug-likeness (QED) is 0.651. The fourth-order valence-electron chi connectivity index (χ4n) is 4.16. The minimum Gasteiger partial charge on any atom is -0.383 e. The molecule has 7 nitrogen and oxygen atoms in total. The first kappa shape index (κ1) is 20.7. The molecule has 2 aliphatic heterocycles. The van der Waals surface area contributed by atoms with E-state index in [-0.39, 0.29) is 18.2 Å². The Kier molecular flexibility index (Phi) is 4.98. The van der Waals surface area contributed by atoms with E-state index in [4.69, 9.17) is 15.2 Å². The number of morpholine rings is 1. The van der Waals surface area contributed by atoms with Gasteiger partial charge in [-0.25, -0.2) is 9.97 Å². The number of nitrogens with two attached hydrogens (primary N) is 1. The number of fused-ring (bicyclic) bond motifs is 3.